The van der Waals surface area contributed by atoms with Gasteiger partial charge in [-0.05, 0) is 12.8 Å². The molecule has 0 aliphatic carbocycles. The van der Waals surface area contributed by atoms with Gasteiger partial charge in [-0.25, -0.2) is 4.57 Å². The van der Waals surface area contributed by atoms with Crippen molar-refractivity contribution in [2.45, 2.75) is 219 Å². The van der Waals surface area contributed by atoms with Crippen molar-refractivity contribution in [1.29, 1.82) is 0 Å². The number of phosphoric ester groups is 1. The average molecular weight is 737 g/mol. The maximum Gasteiger partial charge on any atom is 0.472 e. The Kier molecular flexibility index (Phi) is 37.8. The highest BCUT2D eigenvalue weighted by atomic mass is 31.2. The van der Waals surface area contributed by atoms with Crippen LogP contribution in [-0.2, 0) is 27.9 Å². The SMILES string of the molecule is CCCCCCCCCCCCCCCCCC(=O)OC(COCCCCCCCCCCCCCCCC)COP(=O)(O)OCC(O)CO. The molecule has 3 atom stereocenters. The van der Waals surface area contributed by atoms with Crippen molar-refractivity contribution in [3.8, 4) is 0 Å². The minimum atomic E-state index is -4.50. The van der Waals surface area contributed by atoms with Crippen LogP contribution in [0.2, 0.25) is 0 Å². The summed E-state index contributed by atoms with van der Waals surface area (Å²) in [6, 6.07) is 0. The molecule has 3 N–H and O–H groups in total. The third-order valence-electron chi connectivity index (χ3n) is 9.29. The summed E-state index contributed by atoms with van der Waals surface area (Å²) >= 11 is 0. The lowest BCUT2D eigenvalue weighted by Crippen LogP contribution is -2.29. The smallest absolute Gasteiger partial charge is 0.457 e. The summed E-state index contributed by atoms with van der Waals surface area (Å²) in [7, 11) is -4.50. The summed E-state index contributed by atoms with van der Waals surface area (Å²) in [5.74, 6) is -0.377. The molecule has 0 rings (SSSR count). The van der Waals surface area contributed by atoms with Crippen LogP contribution >= 0.6 is 7.82 Å². The van der Waals surface area contributed by atoms with Crippen LogP contribution in [0.4, 0.5) is 0 Å². The predicted octanol–water partition coefficient (Wildman–Crippen LogP) is 11.1. The Morgan fingerprint density at radius 1 is 0.540 bits per heavy atom. The van der Waals surface area contributed by atoms with Gasteiger partial charge in [-0.1, -0.05) is 187 Å². The van der Waals surface area contributed by atoms with Gasteiger partial charge in [-0.15, -0.1) is 0 Å². The van der Waals surface area contributed by atoms with Crippen LogP contribution in [-0.4, -0.2) is 66.3 Å². The fourth-order valence-electron chi connectivity index (χ4n) is 6.06. The van der Waals surface area contributed by atoms with E-state index in [1.165, 1.54) is 154 Å². The minimum absolute atomic E-state index is 0.0578. The first-order valence-electron chi connectivity index (χ1n) is 21.0. The Labute approximate surface area is 308 Å². The fraction of sp³-hybridized carbons (Fsp3) is 0.975. The topological polar surface area (TPSA) is 132 Å². The standard InChI is InChI=1S/C40H81O9P/c1-3-5-7-9-11-13-15-17-19-20-22-24-26-28-30-32-40(43)49-39(37-48-50(44,45)47-35-38(42)34-41)36-46-33-31-29-27-25-23-21-18-16-14-12-10-8-6-4-2/h38-39,41-42H,3-37H2,1-2H3,(H,44,45). The van der Waals surface area contributed by atoms with Gasteiger partial charge in [0, 0.05) is 13.0 Å². The van der Waals surface area contributed by atoms with Gasteiger partial charge in [-0.2, -0.15) is 0 Å². The molecule has 0 saturated heterocycles. The lowest BCUT2D eigenvalue weighted by molar-refractivity contribution is -0.154. The normalized spacial score (nSPS) is 14.1. The van der Waals surface area contributed by atoms with Gasteiger partial charge < -0.3 is 24.6 Å². The minimum Gasteiger partial charge on any atom is -0.457 e. The van der Waals surface area contributed by atoms with Crippen LogP contribution < -0.4 is 0 Å². The van der Waals surface area contributed by atoms with Crippen molar-refractivity contribution >= 4 is 13.8 Å². The quantitative estimate of drug-likeness (QED) is 0.0319. The first kappa shape index (κ1) is 49.5. The second kappa shape index (κ2) is 38.2. The number of esters is 1. The Balaban J connectivity index is 4.14. The van der Waals surface area contributed by atoms with Crippen molar-refractivity contribution < 1.29 is 43.0 Å². The molecule has 0 aromatic heterocycles. The monoisotopic (exact) mass is 737 g/mol. The van der Waals surface area contributed by atoms with E-state index in [0.717, 1.165) is 32.1 Å². The first-order valence-corrected chi connectivity index (χ1v) is 22.5. The Hall–Kier alpha value is -0.540. The zero-order valence-corrected chi connectivity index (χ0v) is 33.5. The highest BCUT2D eigenvalue weighted by Crippen LogP contribution is 2.43. The molecule has 9 nitrogen and oxygen atoms in total. The van der Waals surface area contributed by atoms with E-state index in [1.807, 2.05) is 0 Å². The summed E-state index contributed by atoms with van der Waals surface area (Å²) < 4.78 is 33.3. The molecule has 10 heteroatoms. The number of unbranched alkanes of at least 4 members (excludes halogenated alkanes) is 27. The number of hydrogen-bond donors (Lipinski definition) is 3. The largest absolute Gasteiger partial charge is 0.472 e. The molecule has 0 aromatic rings. The molecular formula is C40H81O9P. The number of rotatable bonds is 41. The zero-order valence-electron chi connectivity index (χ0n) is 32.6. The maximum atomic E-state index is 12.6. The molecule has 0 aliphatic heterocycles. The van der Waals surface area contributed by atoms with Crippen molar-refractivity contribution in [2.24, 2.45) is 0 Å². The highest BCUT2D eigenvalue weighted by Gasteiger charge is 2.26. The number of phosphoric acid groups is 1. The number of ether oxygens (including phenoxy) is 2. The summed E-state index contributed by atoms with van der Waals surface area (Å²) in [6.07, 6.45) is 34.8. The summed E-state index contributed by atoms with van der Waals surface area (Å²) in [5, 5.41) is 18.3. The zero-order chi connectivity index (χ0) is 36.8. The lowest BCUT2D eigenvalue weighted by atomic mass is 10.0. The van der Waals surface area contributed by atoms with Gasteiger partial charge in [0.15, 0.2) is 0 Å². The second-order valence-electron chi connectivity index (χ2n) is 14.4. The molecule has 0 amide bonds. The average Bonchev–Trinajstić information content (AvgIpc) is 3.10. The van der Waals surface area contributed by atoms with Crippen molar-refractivity contribution in [3.05, 3.63) is 0 Å². The van der Waals surface area contributed by atoms with E-state index in [9.17, 15) is 19.4 Å². The predicted molar refractivity (Wildman–Crippen MR) is 205 cm³/mol. The van der Waals surface area contributed by atoms with Crippen LogP contribution in [0, 0.1) is 0 Å². The second-order valence-corrected chi connectivity index (χ2v) is 15.8. The van der Waals surface area contributed by atoms with E-state index in [0.29, 0.717) is 6.61 Å². The van der Waals surface area contributed by atoms with Crippen LogP contribution in [0.5, 0.6) is 0 Å². The van der Waals surface area contributed by atoms with Crippen LogP contribution in [0.15, 0.2) is 0 Å². The Morgan fingerprint density at radius 2 is 0.900 bits per heavy atom. The Bertz CT molecular complexity index is 754. The van der Waals surface area contributed by atoms with Crippen molar-refractivity contribution in [1.82, 2.24) is 0 Å². The molecule has 300 valence electrons. The van der Waals surface area contributed by atoms with Crippen molar-refractivity contribution in [2.75, 3.05) is 33.0 Å². The van der Waals surface area contributed by atoms with Crippen LogP contribution in [0.1, 0.15) is 206 Å². The number of carbonyl (C=O) groups is 1. The molecule has 0 spiro atoms. The molecule has 50 heavy (non-hydrogen) atoms. The molecule has 0 aliphatic rings. The van der Waals surface area contributed by atoms with Gasteiger partial charge in [-0.3, -0.25) is 13.8 Å². The number of aliphatic hydroxyl groups is 2. The van der Waals surface area contributed by atoms with Gasteiger partial charge in [0.1, 0.15) is 12.2 Å². The molecule has 0 bridgehead atoms. The maximum absolute atomic E-state index is 12.6. The van der Waals surface area contributed by atoms with Crippen molar-refractivity contribution in [3.63, 3.8) is 0 Å². The molecule has 0 heterocycles. The van der Waals surface area contributed by atoms with Gasteiger partial charge >= 0.3 is 13.8 Å². The van der Waals surface area contributed by atoms with Gasteiger partial charge in [0.05, 0.1) is 26.4 Å². The summed E-state index contributed by atoms with van der Waals surface area (Å²) in [6.45, 7) is 3.57. The molecule has 3 unspecified atom stereocenters. The number of aliphatic hydroxyl groups excluding tert-OH is 2. The van der Waals surface area contributed by atoms with Crippen LogP contribution in [0.3, 0.4) is 0 Å². The third kappa shape index (κ3) is 37.2. The molecule has 0 radical (unpaired) electrons. The molecular weight excluding hydrogens is 655 g/mol. The van der Waals surface area contributed by atoms with E-state index >= 15 is 0 Å². The third-order valence-corrected chi connectivity index (χ3v) is 10.2. The summed E-state index contributed by atoms with van der Waals surface area (Å²) in [4.78, 5) is 22.5. The summed E-state index contributed by atoms with van der Waals surface area (Å²) in [5.41, 5.74) is 0. The van der Waals surface area contributed by atoms with Gasteiger partial charge in [0.2, 0.25) is 0 Å². The lowest BCUT2D eigenvalue weighted by Gasteiger charge is -2.20. The van der Waals surface area contributed by atoms with E-state index < -0.39 is 33.2 Å². The highest BCUT2D eigenvalue weighted by molar-refractivity contribution is 7.47. The van der Waals surface area contributed by atoms with E-state index in [1.54, 1.807) is 0 Å². The Morgan fingerprint density at radius 3 is 1.30 bits per heavy atom. The van der Waals surface area contributed by atoms with E-state index in [-0.39, 0.29) is 25.6 Å². The fourth-order valence-corrected chi connectivity index (χ4v) is 6.85. The first-order chi connectivity index (χ1) is 24.3. The van der Waals surface area contributed by atoms with Crippen LogP contribution in [0.25, 0.3) is 0 Å². The van der Waals surface area contributed by atoms with Gasteiger partial charge in [0.25, 0.3) is 0 Å². The molecule has 0 fully saturated rings. The molecule has 0 aromatic carbocycles. The number of carbonyl (C=O) groups excluding carboxylic acids is 1. The number of hydrogen-bond acceptors (Lipinski definition) is 8. The molecule has 0 saturated carbocycles. The van der Waals surface area contributed by atoms with E-state index in [4.69, 9.17) is 23.6 Å². The van der Waals surface area contributed by atoms with E-state index in [2.05, 4.69) is 13.8 Å².